The van der Waals surface area contributed by atoms with Gasteiger partial charge in [0.1, 0.15) is 17.3 Å². The Hall–Kier alpha value is -1.16. The van der Waals surface area contributed by atoms with E-state index in [9.17, 15) is 8.78 Å². The Balaban J connectivity index is 1.75. The zero-order valence-electron chi connectivity index (χ0n) is 12.7. The summed E-state index contributed by atoms with van der Waals surface area (Å²) < 4.78 is 28.6. The van der Waals surface area contributed by atoms with E-state index in [0.29, 0.717) is 17.5 Å². The van der Waals surface area contributed by atoms with Crippen molar-refractivity contribution in [3.8, 4) is 0 Å². The fourth-order valence-electron chi connectivity index (χ4n) is 4.06. The van der Waals surface area contributed by atoms with Crippen molar-refractivity contribution in [2.75, 3.05) is 25.0 Å². The van der Waals surface area contributed by atoms with E-state index < -0.39 is 11.6 Å². The molecule has 0 radical (unpaired) electrons. The molecule has 21 heavy (non-hydrogen) atoms. The van der Waals surface area contributed by atoms with Gasteiger partial charge < -0.3 is 10.2 Å². The molecule has 2 nitrogen and oxygen atoms in total. The molecule has 2 aliphatic rings. The number of nitrogens with zero attached hydrogens (tertiary/aromatic N) is 1. The predicted molar refractivity (Wildman–Crippen MR) is 81.5 cm³/mol. The first-order valence-electron chi connectivity index (χ1n) is 8.01. The summed E-state index contributed by atoms with van der Waals surface area (Å²) in [7, 11) is 1.77. The molecule has 116 valence electrons. The van der Waals surface area contributed by atoms with Crippen LogP contribution in [0.4, 0.5) is 14.5 Å². The number of piperidine rings is 1. The fourth-order valence-corrected chi connectivity index (χ4v) is 4.06. The second-order valence-corrected chi connectivity index (χ2v) is 6.63. The van der Waals surface area contributed by atoms with Crippen molar-refractivity contribution in [3.63, 3.8) is 0 Å². The molecule has 1 heterocycles. The van der Waals surface area contributed by atoms with Gasteiger partial charge in [-0.25, -0.2) is 8.78 Å². The molecule has 0 atom stereocenters. The minimum Gasteiger partial charge on any atom is -0.367 e. The Morgan fingerprint density at radius 3 is 2.14 bits per heavy atom. The molecule has 0 unspecified atom stereocenters. The molecule has 1 aromatic rings. The molecule has 1 aliphatic heterocycles. The van der Waals surface area contributed by atoms with Crippen molar-refractivity contribution in [1.82, 2.24) is 5.32 Å². The number of nitrogens with one attached hydrogen (secondary N) is 1. The van der Waals surface area contributed by atoms with Gasteiger partial charge in [-0.2, -0.15) is 0 Å². The lowest BCUT2D eigenvalue weighted by molar-refractivity contribution is 0.225. The molecule has 0 amide bonds. The first-order valence-corrected chi connectivity index (χ1v) is 8.01. The zero-order valence-corrected chi connectivity index (χ0v) is 12.7. The molecule has 0 aromatic heterocycles. The average molecular weight is 294 g/mol. The Morgan fingerprint density at radius 1 is 1.05 bits per heavy atom. The summed E-state index contributed by atoms with van der Waals surface area (Å²) in [5, 5.41) is 2.92. The quantitative estimate of drug-likeness (QED) is 0.911. The van der Waals surface area contributed by atoms with Gasteiger partial charge in [0.25, 0.3) is 0 Å². The van der Waals surface area contributed by atoms with Crippen LogP contribution in [0.25, 0.3) is 0 Å². The maximum atomic E-state index is 14.3. The number of halogens is 2. The summed E-state index contributed by atoms with van der Waals surface area (Å²) in [6.07, 6.45) is 7.39. The number of rotatable bonds is 3. The van der Waals surface area contributed by atoms with Gasteiger partial charge in [0, 0.05) is 19.6 Å². The number of anilines is 1. The Labute approximate surface area is 125 Å². The highest BCUT2D eigenvalue weighted by Crippen LogP contribution is 2.47. The highest BCUT2D eigenvalue weighted by molar-refractivity contribution is 5.51. The molecule has 2 fully saturated rings. The second-order valence-electron chi connectivity index (χ2n) is 6.63. The van der Waals surface area contributed by atoms with E-state index in [-0.39, 0.29) is 5.69 Å². The SMILES string of the molecule is CNCc1cc(F)c(N2CCC3(CCCC3)CC2)c(F)c1. The number of benzene rings is 1. The van der Waals surface area contributed by atoms with E-state index in [1.54, 1.807) is 7.05 Å². The third-order valence-corrected chi connectivity index (χ3v) is 5.26. The largest absolute Gasteiger partial charge is 0.367 e. The topological polar surface area (TPSA) is 15.3 Å². The van der Waals surface area contributed by atoms with Crippen LogP contribution in [0.2, 0.25) is 0 Å². The van der Waals surface area contributed by atoms with Crippen molar-refractivity contribution in [2.24, 2.45) is 5.41 Å². The van der Waals surface area contributed by atoms with Crippen molar-refractivity contribution >= 4 is 5.69 Å². The summed E-state index contributed by atoms with van der Waals surface area (Å²) in [4.78, 5) is 1.90. The van der Waals surface area contributed by atoms with Gasteiger partial charge in [0.2, 0.25) is 0 Å². The Bertz CT molecular complexity index is 477. The van der Waals surface area contributed by atoms with E-state index in [1.807, 2.05) is 4.90 Å². The fraction of sp³-hybridized carbons (Fsp3) is 0.647. The molecule has 1 N–H and O–H groups in total. The smallest absolute Gasteiger partial charge is 0.149 e. The highest BCUT2D eigenvalue weighted by Gasteiger charge is 2.37. The van der Waals surface area contributed by atoms with Crippen LogP contribution in [0.3, 0.4) is 0 Å². The Morgan fingerprint density at radius 2 is 1.62 bits per heavy atom. The number of hydrogen-bond donors (Lipinski definition) is 1. The van der Waals surface area contributed by atoms with E-state index in [2.05, 4.69) is 5.32 Å². The summed E-state index contributed by atoms with van der Waals surface area (Å²) in [5.74, 6) is -0.856. The van der Waals surface area contributed by atoms with Crippen LogP contribution in [0.5, 0.6) is 0 Å². The van der Waals surface area contributed by atoms with Gasteiger partial charge in [-0.05, 0) is 55.8 Å². The highest BCUT2D eigenvalue weighted by atomic mass is 19.1. The van der Waals surface area contributed by atoms with E-state index >= 15 is 0 Å². The monoisotopic (exact) mass is 294 g/mol. The van der Waals surface area contributed by atoms with Crippen LogP contribution in [0, 0.1) is 17.0 Å². The standard InChI is InChI=1S/C17H24F2N2/c1-20-12-13-10-14(18)16(15(19)11-13)21-8-6-17(7-9-21)4-2-3-5-17/h10-11,20H,2-9,12H2,1H3. The molecular formula is C17H24F2N2. The van der Waals surface area contributed by atoms with Crippen LogP contribution in [-0.2, 0) is 6.54 Å². The van der Waals surface area contributed by atoms with Gasteiger partial charge in [-0.3, -0.25) is 0 Å². The van der Waals surface area contributed by atoms with Gasteiger partial charge in [0.15, 0.2) is 0 Å². The minimum absolute atomic E-state index is 0.169. The summed E-state index contributed by atoms with van der Waals surface area (Å²) in [6.45, 7) is 2.04. The average Bonchev–Trinajstić information content (AvgIpc) is 2.89. The lowest BCUT2D eigenvalue weighted by Gasteiger charge is -2.40. The third-order valence-electron chi connectivity index (χ3n) is 5.26. The molecular weight excluding hydrogens is 270 g/mol. The van der Waals surface area contributed by atoms with Gasteiger partial charge in [0.05, 0.1) is 0 Å². The van der Waals surface area contributed by atoms with E-state index in [1.165, 1.54) is 37.8 Å². The third kappa shape index (κ3) is 2.91. The van der Waals surface area contributed by atoms with E-state index in [4.69, 9.17) is 0 Å². The van der Waals surface area contributed by atoms with Crippen LogP contribution < -0.4 is 10.2 Å². The van der Waals surface area contributed by atoms with Crippen molar-refractivity contribution in [3.05, 3.63) is 29.3 Å². The molecule has 1 spiro atoms. The molecule has 1 aliphatic carbocycles. The van der Waals surface area contributed by atoms with Gasteiger partial charge in [-0.1, -0.05) is 12.8 Å². The van der Waals surface area contributed by atoms with Crippen LogP contribution in [0.15, 0.2) is 12.1 Å². The van der Waals surface area contributed by atoms with E-state index in [0.717, 1.165) is 25.9 Å². The van der Waals surface area contributed by atoms with Crippen molar-refractivity contribution < 1.29 is 8.78 Å². The molecule has 3 rings (SSSR count). The normalized spacial score (nSPS) is 21.2. The Kier molecular flexibility index (Phi) is 4.16. The number of hydrogen-bond acceptors (Lipinski definition) is 2. The summed E-state index contributed by atoms with van der Waals surface area (Å²) in [6, 6.07) is 2.91. The van der Waals surface area contributed by atoms with Crippen molar-refractivity contribution in [2.45, 2.75) is 45.1 Å². The maximum Gasteiger partial charge on any atom is 0.149 e. The second kappa shape index (κ2) is 5.91. The van der Waals surface area contributed by atoms with Crippen LogP contribution in [0.1, 0.15) is 44.1 Å². The first-order chi connectivity index (χ1) is 10.1. The predicted octanol–water partition coefficient (Wildman–Crippen LogP) is 3.84. The van der Waals surface area contributed by atoms with Crippen LogP contribution in [-0.4, -0.2) is 20.1 Å². The minimum atomic E-state index is -0.428. The lowest BCUT2D eigenvalue weighted by atomic mass is 9.77. The van der Waals surface area contributed by atoms with Gasteiger partial charge >= 0.3 is 0 Å². The molecule has 1 saturated heterocycles. The van der Waals surface area contributed by atoms with Gasteiger partial charge in [-0.15, -0.1) is 0 Å². The molecule has 0 bridgehead atoms. The molecule has 4 heteroatoms. The van der Waals surface area contributed by atoms with Crippen LogP contribution >= 0.6 is 0 Å². The van der Waals surface area contributed by atoms with Crippen molar-refractivity contribution in [1.29, 1.82) is 0 Å². The zero-order chi connectivity index (χ0) is 14.9. The maximum absolute atomic E-state index is 14.3. The molecule has 1 aromatic carbocycles. The summed E-state index contributed by atoms with van der Waals surface area (Å²) in [5.41, 5.74) is 1.29. The first kappa shape index (κ1) is 14.8. The summed E-state index contributed by atoms with van der Waals surface area (Å²) >= 11 is 0. The lowest BCUT2D eigenvalue weighted by Crippen LogP contribution is -2.39. The molecule has 1 saturated carbocycles.